The van der Waals surface area contributed by atoms with E-state index in [9.17, 15) is 8.42 Å². The van der Waals surface area contributed by atoms with Gasteiger partial charge in [0.2, 0.25) is 10.0 Å². The third kappa shape index (κ3) is 7.31. The van der Waals surface area contributed by atoms with Crippen molar-refractivity contribution in [2.45, 2.75) is 58.5 Å². The number of nitrogens with one attached hydrogen (secondary N) is 3. The van der Waals surface area contributed by atoms with E-state index in [-0.39, 0.29) is 11.8 Å². The van der Waals surface area contributed by atoms with Crippen molar-refractivity contribution in [1.82, 2.24) is 15.4 Å². The fourth-order valence-corrected chi connectivity index (χ4v) is 3.68. The molecular formula is C17H30N4O2S. The summed E-state index contributed by atoms with van der Waals surface area (Å²) < 4.78 is 27.0. The lowest BCUT2D eigenvalue weighted by Crippen LogP contribution is -2.41. The van der Waals surface area contributed by atoms with E-state index >= 15 is 0 Å². The van der Waals surface area contributed by atoms with Crippen LogP contribution in [-0.2, 0) is 22.3 Å². The van der Waals surface area contributed by atoms with Crippen molar-refractivity contribution in [3.05, 3.63) is 35.4 Å². The molecule has 0 spiro atoms. The molecule has 6 nitrogen and oxygen atoms in total. The van der Waals surface area contributed by atoms with Crippen molar-refractivity contribution in [2.24, 2.45) is 4.99 Å². The first-order valence-electron chi connectivity index (χ1n) is 8.31. The Balaban J connectivity index is 2.80. The van der Waals surface area contributed by atoms with Crippen LogP contribution in [0.3, 0.4) is 0 Å². The summed E-state index contributed by atoms with van der Waals surface area (Å²) in [6.07, 6.45) is 0.996. The lowest BCUT2D eigenvalue weighted by molar-refractivity contribution is 0.568. The van der Waals surface area contributed by atoms with Crippen molar-refractivity contribution in [3.63, 3.8) is 0 Å². The highest BCUT2D eigenvalue weighted by Crippen LogP contribution is 2.12. The van der Waals surface area contributed by atoms with Crippen LogP contribution in [0, 0.1) is 0 Å². The van der Waals surface area contributed by atoms with Gasteiger partial charge in [0.05, 0.1) is 5.75 Å². The molecule has 1 aromatic rings. The van der Waals surface area contributed by atoms with Gasteiger partial charge in [0.15, 0.2) is 5.96 Å². The van der Waals surface area contributed by atoms with Gasteiger partial charge in [-0.05, 0) is 38.3 Å². The van der Waals surface area contributed by atoms with Crippen LogP contribution >= 0.6 is 0 Å². The van der Waals surface area contributed by atoms with Crippen LogP contribution in [-0.4, -0.2) is 33.5 Å². The quantitative estimate of drug-likeness (QED) is 0.492. The van der Waals surface area contributed by atoms with Crippen LogP contribution in [0.1, 0.15) is 45.2 Å². The molecule has 0 aliphatic heterocycles. The highest BCUT2D eigenvalue weighted by atomic mass is 32.2. The number of guanidine groups is 1. The Labute approximate surface area is 146 Å². The molecule has 1 unspecified atom stereocenters. The van der Waals surface area contributed by atoms with Crippen LogP contribution in [0.4, 0.5) is 0 Å². The zero-order valence-electron chi connectivity index (χ0n) is 15.3. The number of sulfonamides is 1. The number of aliphatic imine (C=N–C) groups is 1. The lowest BCUT2D eigenvalue weighted by Gasteiger charge is -2.18. The fraction of sp³-hybridized carbons (Fsp3) is 0.588. The third-order valence-corrected chi connectivity index (χ3v) is 5.07. The summed E-state index contributed by atoms with van der Waals surface area (Å²) in [4.78, 5) is 4.20. The lowest BCUT2D eigenvalue weighted by atomic mass is 10.1. The minimum Gasteiger partial charge on any atom is -0.354 e. The van der Waals surface area contributed by atoms with Gasteiger partial charge < -0.3 is 10.6 Å². The van der Waals surface area contributed by atoms with Crippen molar-refractivity contribution >= 4 is 16.0 Å². The fourth-order valence-electron chi connectivity index (χ4n) is 2.19. The molecule has 0 fully saturated rings. The second-order valence-corrected chi connectivity index (χ2v) is 7.93. The van der Waals surface area contributed by atoms with Crippen LogP contribution in [0.15, 0.2) is 29.3 Å². The monoisotopic (exact) mass is 354 g/mol. The summed E-state index contributed by atoms with van der Waals surface area (Å²) in [5.74, 6) is 0.683. The van der Waals surface area contributed by atoms with E-state index in [0.29, 0.717) is 18.5 Å². The Bertz CT molecular complexity index is 642. The maximum atomic E-state index is 12.2. The maximum Gasteiger partial charge on any atom is 0.216 e. The average Bonchev–Trinajstić information content (AvgIpc) is 2.50. The van der Waals surface area contributed by atoms with E-state index in [1.807, 2.05) is 38.1 Å². The second kappa shape index (κ2) is 9.64. The van der Waals surface area contributed by atoms with Crippen LogP contribution in [0.5, 0.6) is 0 Å². The summed E-state index contributed by atoms with van der Waals surface area (Å²) >= 11 is 0. The van der Waals surface area contributed by atoms with Crippen LogP contribution in [0.25, 0.3) is 0 Å². The molecule has 0 radical (unpaired) electrons. The Morgan fingerprint density at radius 2 is 1.79 bits per heavy atom. The molecule has 1 atom stereocenters. The minimum atomic E-state index is -3.35. The molecule has 136 valence electrons. The zero-order chi connectivity index (χ0) is 18.2. The standard InChI is InChI=1S/C17H30N4O2S/c1-6-14(4)20-17(18-5)19-11-15-9-7-8-10-16(15)12-24(22,23)21-13(2)3/h7-10,13-14,21H,6,11-12H2,1-5H3,(H2,18,19,20). The Hall–Kier alpha value is -1.60. The highest BCUT2D eigenvalue weighted by molar-refractivity contribution is 7.88. The van der Waals surface area contributed by atoms with E-state index in [1.54, 1.807) is 7.05 Å². The minimum absolute atomic E-state index is 0.0274. The number of hydrogen-bond acceptors (Lipinski definition) is 3. The molecule has 0 saturated heterocycles. The van der Waals surface area contributed by atoms with Gasteiger partial charge in [-0.2, -0.15) is 0 Å². The van der Waals surface area contributed by atoms with Gasteiger partial charge in [-0.3, -0.25) is 4.99 Å². The van der Waals surface area contributed by atoms with Crippen molar-refractivity contribution in [3.8, 4) is 0 Å². The smallest absolute Gasteiger partial charge is 0.216 e. The predicted octanol–water partition coefficient (Wildman–Crippen LogP) is 1.98. The van der Waals surface area contributed by atoms with Gasteiger partial charge in [0.25, 0.3) is 0 Å². The summed E-state index contributed by atoms with van der Waals surface area (Å²) in [5, 5.41) is 6.53. The third-order valence-electron chi connectivity index (χ3n) is 3.54. The van der Waals surface area contributed by atoms with Gasteiger partial charge in [-0.15, -0.1) is 0 Å². The van der Waals surface area contributed by atoms with Gasteiger partial charge in [-0.25, -0.2) is 13.1 Å². The predicted molar refractivity (Wildman–Crippen MR) is 100 cm³/mol. The number of rotatable bonds is 8. The largest absolute Gasteiger partial charge is 0.354 e. The van der Waals surface area contributed by atoms with Crippen LogP contribution in [0.2, 0.25) is 0 Å². The molecule has 0 aliphatic rings. The van der Waals surface area contributed by atoms with Crippen molar-refractivity contribution < 1.29 is 8.42 Å². The van der Waals surface area contributed by atoms with Crippen molar-refractivity contribution in [2.75, 3.05) is 7.05 Å². The summed E-state index contributed by atoms with van der Waals surface area (Å²) in [7, 11) is -1.62. The zero-order valence-corrected chi connectivity index (χ0v) is 16.1. The molecule has 1 aromatic carbocycles. The molecule has 0 heterocycles. The SMILES string of the molecule is CCC(C)NC(=NC)NCc1ccccc1CS(=O)(=O)NC(C)C. The second-order valence-electron chi connectivity index (χ2n) is 6.18. The van der Waals surface area contributed by atoms with E-state index in [1.165, 1.54) is 0 Å². The Morgan fingerprint density at radius 3 is 2.33 bits per heavy atom. The Morgan fingerprint density at radius 1 is 1.17 bits per heavy atom. The first-order valence-corrected chi connectivity index (χ1v) is 9.96. The van der Waals surface area contributed by atoms with Gasteiger partial charge in [-0.1, -0.05) is 31.2 Å². The molecule has 7 heteroatoms. The van der Waals surface area contributed by atoms with E-state index in [2.05, 4.69) is 34.2 Å². The molecule has 0 bridgehead atoms. The molecular weight excluding hydrogens is 324 g/mol. The van der Waals surface area contributed by atoms with Crippen LogP contribution < -0.4 is 15.4 Å². The average molecular weight is 355 g/mol. The van der Waals surface area contributed by atoms with Crippen molar-refractivity contribution in [1.29, 1.82) is 0 Å². The van der Waals surface area contributed by atoms with E-state index < -0.39 is 10.0 Å². The summed E-state index contributed by atoms with van der Waals surface area (Å²) in [6.45, 7) is 8.34. The summed E-state index contributed by atoms with van der Waals surface area (Å²) in [6, 6.07) is 7.76. The van der Waals surface area contributed by atoms with Gasteiger partial charge in [0, 0.05) is 25.7 Å². The number of benzene rings is 1. The first kappa shape index (κ1) is 20.4. The molecule has 0 amide bonds. The molecule has 0 saturated carbocycles. The van der Waals surface area contributed by atoms with Gasteiger partial charge in [0.1, 0.15) is 0 Å². The highest BCUT2D eigenvalue weighted by Gasteiger charge is 2.15. The maximum absolute atomic E-state index is 12.2. The topological polar surface area (TPSA) is 82.6 Å². The number of nitrogens with zero attached hydrogens (tertiary/aromatic N) is 1. The first-order chi connectivity index (χ1) is 11.3. The van der Waals surface area contributed by atoms with E-state index in [4.69, 9.17) is 0 Å². The van der Waals surface area contributed by atoms with Gasteiger partial charge >= 0.3 is 0 Å². The normalized spacial score (nSPS) is 13.8. The summed E-state index contributed by atoms with van der Waals surface area (Å²) in [5.41, 5.74) is 1.73. The Kier molecular flexibility index (Phi) is 8.21. The molecule has 3 N–H and O–H groups in total. The molecule has 0 aliphatic carbocycles. The molecule has 0 aromatic heterocycles. The van der Waals surface area contributed by atoms with E-state index in [0.717, 1.165) is 17.5 Å². The number of hydrogen-bond donors (Lipinski definition) is 3. The molecule has 1 rings (SSSR count). The molecule has 24 heavy (non-hydrogen) atoms.